The first-order valence-corrected chi connectivity index (χ1v) is 9.96. The van der Waals surface area contributed by atoms with Gasteiger partial charge in [-0.05, 0) is 48.7 Å². The van der Waals surface area contributed by atoms with Crippen LogP contribution in [0.25, 0.3) is 5.57 Å². The highest BCUT2D eigenvalue weighted by Crippen LogP contribution is 2.30. The minimum Gasteiger partial charge on any atom is -0.366 e. The molecule has 2 aromatic heterocycles. The Labute approximate surface area is 190 Å². The average Bonchev–Trinajstić information content (AvgIpc) is 3.23. The lowest BCUT2D eigenvalue weighted by molar-refractivity contribution is 0.560. The molecule has 4 nitrogen and oxygen atoms in total. The molecule has 160 valence electrons. The summed E-state index contributed by atoms with van der Waals surface area (Å²) in [5.74, 6) is -0.541. The molecule has 30 heavy (non-hydrogen) atoms. The molecule has 0 radical (unpaired) electrons. The number of anilines is 2. The van der Waals surface area contributed by atoms with Crippen LogP contribution in [0.15, 0.2) is 53.7 Å². The van der Waals surface area contributed by atoms with Gasteiger partial charge in [0.15, 0.2) is 5.13 Å². The molecule has 1 aliphatic heterocycles. The molecular weight excluding hydrogens is 449 g/mol. The second-order valence-electron chi connectivity index (χ2n) is 6.73. The molecule has 0 aliphatic carbocycles. The van der Waals surface area contributed by atoms with Gasteiger partial charge in [0.25, 0.3) is 0 Å². The summed E-state index contributed by atoms with van der Waals surface area (Å²) < 4.78 is 27.5. The molecule has 3 heterocycles. The maximum absolute atomic E-state index is 13.7. The second kappa shape index (κ2) is 10.7. The first-order chi connectivity index (χ1) is 13.6. The van der Waals surface area contributed by atoms with Crippen molar-refractivity contribution in [1.29, 1.82) is 0 Å². The zero-order chi connectivity index (χ0) is 19.5. The van der Waals surface area contributed by atoms with E-state index in [1.54, 1.807) is 11.3 Å². The lowest BCUT2D eigenvalue weighted by Crippen LogP contribution is -2.30. The van der Waals surface area contributed by atoms with Crippen molar-refractivity contribution in [1.82, 2.24) is 9.97 Å². The summed E-state index contributed by atoms with van der Waals surface area (Å²) in [4.78, 5) is 11.1. The zero-order valence-electron chi connectivity index (χ0n) is 16.3. The summed E-state index contributed by atoms with van der Waals surface area (Å²) in [5, 5.41) is 6.01. The van der Waals surface area contributed by atoms with Crippen molar-refractivity contribution < 1.29 is 8.78 Å². The van der Waals surface area contributed by atoms with Crippen LogP contribution in [0, 0.1) is 11.6 Å². The summed E-state index contributed by atoms with van der Waals surface area (Å²) in [6.45, 7) is 3.96. The van der Waals surface area contributed by atoms with Crippen molar-refractivity contribution in [2.75, 3.05) is 23.3 Å². The summed E-state index contributed by atoms with van der Waals surface area (Å²) in [6.07, 6.45) is 4.62. The number of nitrogens with one attached hydrogen (secondary N) is 1. The fourth-order valence-corrected chi connectivity index (χ4v) is 3.96. The van der Waals surface area contributed by atoms with Crippen LogP contribution in [0.2, 0.25) is 0 Å². The van der Waals surface area contributed by atoms with Gasteiger partial charge < -0.3 is 10.2 Å². The highest BCUT2D eigenvalue weighted by molar-refractivity contribution is 7.13. The summed E-state index contributed by atoms with van der Waals surface area (Å²) in [5.41, 5.74) is 3.67. The van der Waals surface area contributed by atoms with Crippen LogP contribution in [0.1, 0.15) is 24.5 Å². The van der Waals surface area contributed by atoms with E-state index >= 15 is 0 Å². The van der Waals surface area contributed by atoms with E-state index in [0.29, 0.717) is 5.82 Å². The van der Waals surface area contributed by atoms with Crippen LogP contribution >= 0.6 is 36.2 Å². The van der Waals surface area contributed by atoms with E-state index in [9.17, 15) is 8.78 Å². The number of hydrogen-bond acceptors (Lipinski definition) is 5. The number of halogens is 4. The monoisotopic (exact) mass is 470 g/mol. The molecule has 1 aliphatic rings. The van der Waals surface area contributed by atoms with E-state index in [0.717, 1.165) is 30.2 Å². The predicted molar refractivity (Wildman–Crippen MR) is 124 cm³/mol. The SMILES string of the molecule is CC1=C(c2ccc(NCc3c(F)cccc3F)nc2)CN(c2nccs2)CC1.Cl.Cl. The number of hydrogen-bond donors (Lipinski definition) is 1. The standard InChI is InChI=1S/C21H20F2N4S.2ClH/c1-14-7-9-27(21-24-8-10-28-21)13-17(14)15-5-6-20(25-11-15)26-12-16-18(22)3-2-4-19(16)23;;/h2-6,8,10-11H,7,9,12-13H2,1H3,(H,25,26);2*1H. The van der Waals surface area contributed by atoms with Gasteiger partial charge in [-0.15, -0.1) is 36.2 Å². The normalized spacial score (nSPS) is 13.5. The number of rotatable bonds is 5. The molecule has 4 rings (SSSR count). The number of pyridine rings is 1. The number of nitrogens with zero attached hydrogens (tertiary/aromatic N) is 3. The van der Waals surface area contributed by atoms with Gasteiger partial charge in [-0.25, -0.2) is 18.7 Å². The molecule has 0 saturated carbocycles. The van der Waals surface area contributed by atoms with E-state index in [1.807, 2.05) is 29.9 Å². The van der Waals surface area contributed by atoms with Crippen LogP contribution in [0.5, 0.6) is 0 Å². The molecule has 0 amide bonds. The van der Waals surface area contributed by atoms with E-state index in [-0.39, 0.29) is 36.9 Å². The molecule has 0 spiro atoms. The van der Waals surface area contributed by atoms with Crippen molar-refractivity contribution >= 4 is 52.7 Å². The van der Waals surface area contributed by atoms with E-state index in [2.05, 4.69) is 27.1 Å². The molecule has 0 saturated heterocycles. The lowest BCUT2D eigenvalue weighted by Gasteiger charge is -2.29. The Bertz CT molecular complexity index is 975. The molecule has 0 unspecified atom stereocenters. The Balaban J connectivity index is 0.00000160. The third-order valence-corrected chi connectivity index (χ3v) is 5.76. The second-order valence-corrected chi connectivity index (χ2v) is 7.60. The zero-order valence-corrected chi connectivity index (χ0v) is 18.7. The Morgan fingerprint density at radius 1 is 1.10 bits per heavy atom. The highest BCUT2D eigenvalue weighted by atomic mass is 35.5. The largest absolute Gasteiger partial charge is 0.366 e. The molecule has 0 bridgehead atoms. The van der Waals surface area contributed by atoms with E-state index in [4.69, 9.17) is 0 Å². The molecule has 0 atom stereocenters. The van der Waals surface area contributed by atoms with Gasteiger partial charge in [0.1, 0.15) is 17.5 Å². The smallest absolute Gasteiger partial charge is 0.185 e. The van der Waals surface area contributed by atoms with Crippen molar-refractivity contribution in [3.05, 3.63) is 76.4 Å². The Morgan fingerprint density at radius 3 is 2.50 bits per heavy atom. The molecule has 3 aromatic rings. The minimum absolute atomic E-state index is 0. The maximum Gasteiger partial charge on any atom is 0.185 e. The van der Waals surface area contributed by atoms with Crippen molar-refractivity contribution in [2.45, 2.75) is 19.9 Å². The molecule has 9 heteroatoms. The van der Waals surface area contributed by atoms with Gasteiger partial charge in [0, 0.05) is 43.0 Å². The maximum atomic E-state index is 13.7. The Morgan fingerprint density at radius 2 is 1.87 bits per heavy atom. The van der Waals surface area contributed by atoms with Crippen LogP contribution in [0.4, 0.5) is 19.7 Å². The molecular formula is C21H22Cl2F2N4S. The number of aromatic nitrogens is 2. The molecule has 1 aromatic carbocycles. The highest BCUT2D eigenvalue weighted by Gasteiger charge is 2.20. The third-order valence-electron chi connectivity index (χ3n) is 4.93. The van der Waals surface area contributed by atoms with Crippen LogP contribution < -0.4 is 10.2 Å². The number of thiazole rings is 1. The van der Waals surface area contributed by atoms with Gasteiger partial charge in [0.05, 0.1) is 0 Å². The van der Waals surface area contributed by atoms with Gasteiger partial charge in [-0.3, -0.25) is 0 Å². The van der Waals surface area contributed by atoms with Crippen molar-refractivity contribution in [2.24, 2.45) is 0 Å². The topological polar surface area (TPSA) is 41.1 Å². The molecule has 1 N–H and O–H groups in total. The fourth-order valence-electron chi connectivity index (χ4n) is 3.29. The average molecular weight is 471 g/mol. The third kappa shape index (κ3) is 5.28. The van der Waals surface area contributed by atoms with E-state index in [1.165, 1.54) is 29.3 Å². The van der Waals surface area contributed by atoms with Crippen molar-refractivity contribution in [3.8, 4) is 0 Å². The first-order valence-electron chi connectivity index (χ1n) is 9.08. The van der Waals surface area contributed by atoms with Crippen LogP contribution in [-0.2, 0) is 6.54 Å². The lowest BCUT2D eigenvalue weighted by atomic mass is 9.96. The number of benzene rings is 1. The Kier molecular flexibility index (Phi) is 8.58. The summed E-state index contributed by atoms with van der Waals surface area (Å²) in [6, 6.07) is 7.71. The van der Waals surface area contributed by atoms with Crippen molar-refractivity contribution in [3.63, 3.8) is 0 Å². The van der Waals surface area contributed by atoms with Gasteiger partial charge in [-0.1, -0.05) is 11.6 Å². The van der Waals surface area contributed by atoms with Gasteiger partial charge >= 0.3 is 0 Å². The van der Waals surface area contributed by atoms with Crippen LogP contribution in [-0.4, -0.2) is 23.1 Å². The Hall–Kier alpha value is -2.22. The summed E-state index contributed by atoms with van der Waals surface area (Å²) >= 11 is 1.64. The van der Waals surface area contributed by atoms with E-state index < -0.39 is 11.6 Å². The minimum atomic E-state index is -0.561. The predicted octanol–water partition coefficient (Wildman–Crippen LogP) is 5.96. The molecule has 0 fully saturated rings. The van der Waals surface area contributed by atoms with Crippen LogP contribution in [0.3, 0.4) is 0 Å². The quantitative estimate of drug-likeness (QED) is 0.499. The van der Waals surface area contributed by atoms with Gasteiger partial charge in [0.2, 0.25) is 0 Å². The fraction of sp³-hybridized carbons (Fsp3) is 0.238. The van der Waals surface area contributed by atoms with Gasteiger partial charge in [-0.2, -0.15) is 0 Å². The first kappa shape index (κ1) is 24.1. The summed E-state index contributed by atoms with van der Waals surface area (Å²) in [7, 11) is 0.